The third-order valence-electron chi connectivity index (χ3n) is 2.79. The number of rotatable bonds is 6. The number of hydrogen-bond donors (Lipinski definition) is 1. The molecule has 3 heteroatoms. The Bertz CT molecular complexity index is 363. The lowest BCUT2D eigenvalue weighted by molar-refractivity contribution is 0.170. The van der Waals surface area contributed by atoms with Gasteiger partial charge in [-0.3, -0.25) is 0 Å². The largest absolute Gasteiger partial charge is 0.496 e. The number of aliphatic hydroxyl groups is 1. The van der Waals surface area contributed by atoms with Gasteiger partial charge in [-0.25, -0.2) is 0 Å². The molecular formula is C14H22O2S. The van der Waals surface area contributed by atoms with Crippen LogP contribution in [0.3, 0.4) is 0 Å². The summed E-state index contributed by atoms with van der Waals surface area (Å²) in [5.74, 6) is 2.88. The molecule has 0 saturated heterocycles. The molecule has 0 bridgehead atoms. The van der Waals surface area contributed by atoms with E-state index in [0.29, 0.717) is 0 Å². The van der Waals surface area contributed by atoms with Crippen molar-refractivity contribution >= 4 is 11.8 Å². The molecule has 1 unspecified atom stereocenters. The maximum Gasteiger partial charge on any atom is 0.125 e. The van der Waals surface area contributed by atoms with Crippen LogP contribution in [0.15, 0.2) is 12.1 Å². The molecule has 96 valence electrons. The second kappa shape index (κ2) is 6.92. The molecule has 0 amide bonds. The number of hydrogen-bond acceptors (Lipinski definition) is 3. The fourth-order valence-electron chi connectivity index (χ4n) is 2.02. The fraction of sp³-hybridized carbons (Fsp3) is 0.571. The molecule has 17 heavy (non-hydrogen) atoms. The van der Waals surface area contributed by atoms with Crippen LogP contribution in [0.25, 0.3) is 0 Å². The molecule has 1 aromatic carbocycles. The lowest BCUT2D eigenvalue weighted by Gasteiger charge is -2.18. The topological polar surface area (TPSA) is 29.5 Å². The molecule has 0 aliphatic rings. The van der Waals surface area contributed by atoms with Crippen LogP contribution in [0.2, 0.25) is 0 Å². The van der Waals surface area contributed by atoms with E-state index in [2.05, 4.69) is 13.0 Å². The number of methoxy groups -OCH3 is 1. The monoisotopic (exact) mass is 254 g/mol. The minimum Gasteiger partial charge on any atom is -0.496 e. The third-order valence-corrected chi connectivity index (χ3v) is 3.72. The van der Waals surface area contributed by atoms with E-state index in [1.807, 2.05) is 31.7 Å². The van der Waals surface area contributed by atoms with Crippen LogP contribution in [-0.2, 0) is 0 Å². The average Bonchev–Trinajstić information content (AvgIpc) is 2.27. The van der Waals surface area contributed by atoms with Crippen molar-refractivity contribution in [2.75, 3.05) is 18.6 Å². The molecule has 0 heterocycles. The molecule has 2 nitrogen and oxygen atoms in total. The molecule has 0 aromatic heterocycles. The maximum absolute atomic E-state index is 10.2. The Balaban J connectivity index is 2.87. The minimum atomic E-state index is -0.426. The predicted molar refractivity (Wildman–Crippen MR) is 75.0 cm³/mol. The molecule has 1 rings (SSSR count). The summed E-state index contributed by atoms with van der Waals surface area (Å²) in [7, 11) is 1.66. The Hall–Kier alpha value is -0.670. The van der Waals surface area contributed by atoms with Gasteiger partial charge in [0.1, 0.15) is 5.75 Å². The van der Waals surface area contributed by atoms with Gasteiger partial charge in [0.2, 0.25) is 0 Å². The molecule has 0 spiro atoms. The summed E-state index contributed by atoms with van der Waals surface area (Å²) < 4.78 is 5.37. The zero-order valence-electron chi connectivity index (χ0n) is 11.1. The quantitative estimate of drug-likeness (QED) is 0.788. The number of aryl methyl sites for hydroxylation is 2. The number of benzene rings is 1. The van der Waals surface area contributed by atoms with Crippen molar-refractivity contribution in [1.29, 1.82) is 0 Å². The van der Waals surface area contributed by atoms with Gasteiger partial charge >= 0.3 is 0 Å². The highest BCUT2D eigenvalue weighted by atomic mass is 32.2. The van der Waals surface area contributed by atoms with Crippen molar-refractivity contribution in [3.63, 3.8) is 0 Å². The summed E-state index contributed by atoms with van der Waals surface area (Å²) in [6, 6.07) is 4.08. The van der Waals surface area contributed by atoms with Crippen LogP contribution in [0, 0.1) is 13.8 Å². The van der Waals surface area contributed by atoms with Crippen molar-refractivity contribution in [1.82, 2.24) is 0 Å². The second-order valence-corrected chi connectivity index (χ2v) is 5.59. The summed E-state index contributed by atoms with van der Waals surface area (Å²) in [4.78, 5) is 0. The summed E-state index contributed by atoms with van der Waals surface area (Å²) >= 11 is 1.85. The van der Waals surface area contributed by atoms with Gasteiger partial charge in [-0.15, -0.1) is 0 Å². The zero-order valence-corrected chi connectivity index (χ0v) is 11.9. The summed E-state index contributed by atoms with van der Waals surface area (Å²) in [5.41, 5.74) is 3.21. The van der Waals surface area contributed by atoms with E-state index < -0.39 is 6.10 Å². The standard InChI is InChI=1S/C14H22O2S/c1-5-17-7-6-12(15)14-11(3)8-10(2)9-13(14)16-4/h8-9,12,15H,5-7H2,1-4H3. The molecule has 1 atom stereocenters. The van der Waals surface area contributed by atoms with E-state index in [-0.39, 0.29) is 0 Å². The highest BCUT2D eigenvalue weighted by Crippen LogP contribution is 2.32. The highest BCUT2D eigenvalue weighted by Gasteiger charge is 2.16. The molecule has 0 aliphatic heterocycles. The number of aliphatic hydroxyl groups excluding tert-OH is 1. The van der Waals surface area contributed by atoms with Gasteiger partial charge in [-0.2, -0.15) is 11.8 Å². The minimum absolute atomic E-state index is 0.426. The average molecular weight is 254 g/mol. The molecule has 0 saturated carbocycles. The molecule has 1 N–H and O–H groups in total. The Labute approximate surface area is 108 Å². The van der Waals surface area contributed by atoms with Crippen molar-refractivity contribution in [2.24, 2.45) is 0 Å². The first-order chi connectivity index (χ1) is 8.10. The predicted octanol–water partition coefficient (Wildman–Crippen LogP) is 3.49. The van der Waals surface area contributed by atoms with E-state index in [1.54, 1.807) is 7.11 Å². The van der Waals surface area contributed by atoms with Gasteiger partial charge in [-0.1, -0.05) is 13.0 Å². The van der Waals surface area contributed by atoms with Gasteiger partial charge in [0.15, 0.2) is 0 Å². The lowest BCUT2D eigenvalue weighted by atomic mass is 9.98. The molecule has 0 radical (unpaired) electrons. The first-order valence-electron chi connectivity index (χ1n) is 6.01. The Kier molecular flexibility index (Phi) is 5.86. The van der Waals surface area contributed by atoms with Gasteiger partial charge < -0.3 is 9.84 Å². The van der Waals surface area contributed by atoms with Crippen LogP contribution < -0.4 is 4.74 Å². The van der Waals surface area contributed by atoms with Crippen molar-refractivity contribution in [3.8, 4) is 5.75 Å². The van der Waals surface area contributed by atoms with Crippen LogP contribution in [0.5, 0.6) is 5.75 Å². The lowest BCUT2D eigenvalue weighted by Crippen LogP contribution is -2.05. The van der Waals surface area contributed by atoms with Gasteiger partial charge in [-0.05, 0) is 49.0 Å². The Morgan fingerprint density at radius 3 is 2.65 bits per heavy atom. The molecule has 0 aliphatic carbocycles. The number of thioether (sulfide) groups is 1. The summed E-state index contributed by atoms with van der Waals surface area (Å²) in [6.07, 6.45) is 0.350. The number of ether oxygens (including phenoxy) is 1. The fourth-order valence-corrected chi connectivity index (χ4v) is 2.70. The molecule has 0 fully saturated rings. The van der Waals surface area contributed by atoms with E-state index >= 15 is 0 Å². The van der Waals surface area contributed by atoms with E-state index in [9.17, 15) is 5.11 Å². The van der Waals surface area contributed by atoms with Gasteiger partial charge in [0, 0.05) is 5.56 Å². The maximum atomic E-state index is 10.2. The van der Waals surface area contributed by atoms with Crippen LogP contribution in [0.1, 0.15) is 36.1 Å². The van der Waals surface area contributed by atoms with Crippen LogP contribution in [0.4, 0.5) is 0 Å². The van der Waals surface area contributed by atoms with Gasteiger partial charge in [0.25, 0.3) is 0 Å². The normalized spacial score (nSPS) is 12.5. The SMILES string of the molecule is CCSCCC(O)c1c(C)cc(C)cc1OC. The zero-order chi connectivity index (χ0) is 12.8. The summed E-state index contributed by atoms with van der Waals surface area (Å²) in [5, 5.41) is 10.2. The van der Waals surface area contributed by atoms with Crippen molar-refractivity contribution in [3.05, 3.63) is 28.8 Å². The second-order valence-electron chi connectivity index (χ2n) is 4.20. The molecular weight excluding hydrogens is 232 g/mol. The van der Waals surface area contributed by atoms with Gasteiger partial charge in [0.05, 0.1) is 13.2 Å². The van der Waals surface area contributed by atoms with E-state index in [0.717, 1.165) is 34.8 Å². The van der Waals surface area contributed by atoms with Crippen LogP contribution in [-0.4, -0.2) is 23.7 Å². The van der Waals surface area contributed by atoms with E-state index in [4.69, 9.17) is 4.74 Å². The Morgan fingerprint density at radius 2 is 2.06 bits per heavy atom. The van der Waals surface area contributed by atoms with Crippen molar-refractivity contribution in [2.45, 2.75) is 33.3 Å². The van der Waals surface area contributed by atoms with E-state index in [1.165, 1.54) is 5.56 Å². The third kappa shape index (κ3) is 3.93. The molecule has 1 aromatic rings. The smallest absolute Gasteiger partial charge is 0.125 e. The summed E-state index contributed by atoms with van der Waals surface area (Å²) in [6.45, 7) is 6.20. The van der Waals surface area contributed by atoms with Crippen molar-refractivity contribution < 1.29 is 9.84 Å². The first kappa shape index (κ1) is 14.4. The van der Waals surface area contributed by atoms with Crippen LogP contribution >= 0.6 is 11.8 Å². The highest BCUT2D eigenvalue weighted by molar-refractivity contribution is 7.99. The Morgan fingerprint density at radius 1 is 1.35 bits per heavy atom. The first-order valence-corrected chi connectivity index (χ1v) is 7.16.